The molecule has 0 aliphatic carbocycles. The molecule has 0 aliphatic heterocycles. The van der Waals surface area contributed by atoms with Gasteiger partial charge in [0.2, 0.25) is 0 Å². The van der Waals surface area contributed by atoms with Crippen LogP contribution in [0.3, 0.4) is 0 Å². The van der Waals surface area contributed by atoms with Gasteiger partial charge in [0.1, 0.15) is 11.5 Å². The van der Waals surface area contributed by atoms with E-state index in [4.69, 9.17) is 25.5 Å². The second kappa shape index (κ2) is 6.44. The summed E-state index contributed by atoms with van der Waals surface area (Å²) < 4.78 is 16.2. The van der Waals surface area contributed by atoms with Crippen LogP contribution >= 0.6 is 11.6 Å². The van der Waals surface area contributed by atoms with E-state index in [1.165, 1.54) is 0 Å². The highest BCUT2D eigenvalue weighted by molar-refractivity contribution is 6.21. The number of hydrogen-bond acceptors (Lipinski definition) is 3. The molecule has 2 aromatic rings. The van der Waals surface area contributed by atoms with Gasteiger partial charge in [0.15, 0.2) is 11.5 Å². The number of ether oxygens (including phenoxy) is 2. The van der Waals surface area contributed by atoms with E-state index in [1.54, 1.807) is 14.2 Å². The highest BCUT2D eigenvalue weighted by Gasteiger charge is 2.20. The third-order valence-corrected chi connectivity index (χ3v) is 4.17. The SMILES string of the molecule is COc1ccc(CC(Cl)c2c(C)oc(C)c2C)cc1OC. The fraction of sp³-hybridized carbons (Fsp3) is 0.412. The molecule has 0 saturated carbocycles. The van der Waals surface area contributed by atoms with Gasteiger partial charge in [0.25, 0.3) is 0 Å². The number of benzene rings is 1. The normalized spacial score (nSPS) is 12.3. The quantitative estimate of drug-likeness (QED) is 0.747. The van der Waals surface area contributed by atoms with E-state index in [-0.39, 0.29) is 5.38 Å². The number of alkyl halides is 1. The first-order valence-corrected chi connectivity index (χ1v) is 7.33. The smallest absolute Gasteiger partial charge is 0.160 e. The van der Waals surface area contributed by atoms with E-state index in [2.05, 4.69) is 0 Å². The first kappa shape index (κ1) is 15.8. The Morgan fingerprint density at radius 3 is 2.24 bits per heavy atom. The van der Waals surface area contributed by atoms with Crippen molar-refractivity contribution < 1.29 is 13.9 Å². The molecule has 2 rings (SSSR count). The maximum Gasteiger partial charge on any atom is 0.160 e. The number of aryl methyl sites for hydroxylation is 2. The van der Waals surface area contributed by atoms with Crippen molar-refractivity contribution in [1.29, 1.82) is 0 Å². The molecule has 1 unspecified atom stereocenters. The lowest BCUT2D eigenvalue weighted by Gasteiger charge is -2.13. The van der Waals surface area contributed by atoms with Crippen LogP contribution in [0.5, 0.6) is 11.5 Å². The topological polar surface area (TPSA) is 31.6 Å². The van der Waals surface area contributed by atoms with E-state index in [0.29, 0.717) is 6.42 Å². The predicted octanol–water partition coefficient (Wildman–Crippen LogP) is 4.74. The van der Waals surface area contributed by atoms with Gasteiger partial charge in [-0.05, 0) is 50.5 Å². The monoisotopic (exact) mass is 308 g/mol. The minimum absolute atomic E-state index is 0.124. The lowest BCUT2D eigenvalue weighted by Crippen LogP contribution is -1.99. The zero-order chi connectivity index (χ0) is 15.6. The summed E-state index contributed by atoms with van der Waals surface area (Å²) in [6.07, 6.45) is 0.711. The standard InChI is InChI=1S/C17H21ClO3/c1-10-11(2)21-12(3)17(10)14(18)8-13-6-7-15(19-4)16(9-13)20-5/h6-7,9,14H,8H2,1-5H3. The lowest BCUT2D eigenvalue weighted by atomic mass is 10.0. The van der Waals surface area contributed by atoms with Crippen LogP contribution in [0.4, 0.5) is 0 Å². The van der Waals surface area contributed by atoms with Crippen molar-refractivity contribution in [2.24, 2.45) is 0 Å². The molecular weight excluding hydrogens is 288 g/mol. The van der Waals surface area contributed by atoms with E-state index >= 15 is 0 Å². The first-order chi connectivity index (χ1) is 9.97. The first-order valence-electron chi connectivity index (χ1n) is 6.89. The maximum absolute atomic E-state index is 6.60. The molecule has 4 heteroatoms. The molecule has 0 amide bonds. The van der Waals surface area contributed by atoms with Crippen LogP contribution in [-0.4, -0.2) is 14.2 Å². The average molecular weight is 309 g/mol. The molecule has 21 heavy (non-hydrogen) atoms. The molecule has 0 fully saturated rings. The Labute approximate surface area is 130 Å². The Morgan fingerprint density at radius 1 is 1.05 bits per heavy atom. The van der Waals surface area contributed by atoms with Crippen LogP contribution in [0.15, 0.2) is 22.6 Å². The number of methoxy groups -OCH3 is 2. The molecule has 1 aromatic heterocycles. The van der Waals surface area contributed by atoms with Crippen molar-refractivity contribution in [3.8, 4) is 11.5 Å². The van der Waals surface area contributed by atoms with Gasteiger partial charge in [-0.15, -0.1) is 11.6 Å². The van der Waals surface area contributed by atoms with Crippen LogP contribution in [-0.2, 0) is 6.42 Å². The number of rotatable bonds is 5. The molecule has 1 aromatic carbocycles. The van der Waals surface area contributed by atoms with Gasteiger partial charge < -0.3 is 13.9 Å². The second-order valence-corrected chi connectivity index (χ2v) is 5.64. The summed E-state index contributed by atoms with van der Waals surface area (Å²) in [6.45, 7) is 5.97. The molecule has 0 saturated heterocycles. The Hall–Kier alpha value is -1.61. The summed E-state index contributed by atoms with van der Waals surface area (Å²) in [7, 11) is 3.26. The number of halogens is 1. The zero-order valence-corrected chi connectivity index (χ0v) is 13.9. The van der Waals surface area contributed by atoms with Gasteiger partial charge in [-0.25, -0.2) is 0 Å². The Bertz CT molecular complexity index is 631. The van der Waals surface area contributed by atoms with Gasteiger partial charge in [0, 0.05) is 5.56 Å². The molecule has 114 valence electrons. The molecule has 0 aliphatic rings. The van der Waals surface area contributed by atoms with Gasteiger partial charge in [-0.3, -0.25) is 0 Å². The third-order valence-electron chi connectivity index (χ3n) is 3.79. The minimum Gasteiger partial charge on any atom is -0.493 e. The summed E-state index contributed by atoms with van der Waals surface area (Å²) in [6, 6.07) is 5.87. The summed E-state index contributed by atoms with van der Waals surface area (Å²) in [4.78, 5) is 0. The van der Waals surface area contributed by atoms with Crippen LogP contribution in [0, 0.1) is 20.8 Å². The van der Waals surface area contributed by atoms with Gasteiger partial charge in [-0.2, -0.15) is 0 Å². The zero-order valence-electron chi connectivity index (χ0n) is 13.1. The third kappa shape index (κ3) is 3.18. The van der Waals surface area contributed by atoms with Crippen molar-refractivity contribution >= 4 is 11.6 Å². The second-order valence-electron chi connectivity index (χ2n) is 5.11. The van der Waals surface area contributed by atoms with E-state index in [0.717, 1.165) is 39.7 Å². The minimum atomic E-state index is -0.124. The molecule has 0 spiro atoms. The van der Waals surface area contributed by atoms with E-state index in [1.807, 2.05) is 39.0 Å². The molecule has 1 heterocycles. The molecule has 0 radical (unpaired) electrons. The Balaban J connectivity index is 2.25. The molecule has 1 atom stereocenters. The van der Waals surface area contributed by atoms with Crippen molar-refractivity contribution in [1.82, 2.24) is 0 Å². The summed E-state index contributed by atoms with van der Waals surface area (Å²) in [5, 5.41) is -0.124. The fourth-order valence-electron chi connectivity index (χ4n) is 2.59. The van der Waals surface area contributed by atoms with Gasteiger partial charge >= 0.3 is 0 Å². The van der Waals surface area contributed by atoms with Crippen molar-refractivity contribution in [3.63, 3.8) is 0 Å². The molecular formula is C17H21ClO3. The summed E-state index contributed by atoms with van der Waals surface area (Å²) in [5.41, 5.74) is 3.32. The van der Waals surface area contributed by atoms with Gasteiger partial charge in [-0.1, -0.05) is 6.07 Å². The van der Waals surface area contributed by atoms with E-state index < -0.39 is 0 Å². The molecule has 3 nitrogen and oxygen atoms in total. The average Bonchev–Trinajstić information content (AvgIpc) is 2.71. The fourth-order valence-corrected chi connectivity index (χ4v) is 3.08. The Morgan fingerprint density at radius 2 is 1.71 bits per heavy atom. The number of furan rings is 1. The summed E-state index contributed by atoms with van der Waals surface area (Å²) in [5.74, 6) is 3.26. The summed E-state index contributed by atoms with van der Waals surface area (Å²) >= 11 is 6.60. The predicted molar refractivity (Wildman–Crippen MR) is 84.8 cm³/mol. The van der Waals surface area contributed by atoms with Crippen LogP contribution in [0.25, 0.3) is 0 Å². The van der Waals surface area contributed by atoms with Crippen molar-refractivity contribution in [3.05, 3.63) is 46.4 Å². The molecule has 0 bridgehead atoms. The maximum atomic E-state index is 6.60. The van der Waals surface area contributed by atoms with Crippen molar-refractivity contribution in [2.75, 3.05) is 14.2 Å². The van der Waals surface area contributed by atoms with Crippen LogP contribution in [0.2, 0.25) is 0 Å². The van der Waals surface area contributed by atoms with Crippen molar-refractivity contribution in [2.45, 2.75) is 32.6 Å². The van der Waals surface area contributed by atoms with Crippen LogP contribution < -0.4 is 9.47 Å². The molecule has 0 N–H and O–H groups in total. The largest absolute Gasteiger partial charge is 0.493 e. The van der Waals surface area contributed by atoms with E-state index in [9.17, 15) is 0 Å². The highest BCUT2D eigenvalue weighted by Crippen LogP contribution is 2.35. The lowest BCUT2D eigenvalue weighted by molar-refractivity contribution is 0.354. The Kier molecular flexibility index (Phi) is 4.84. The van der Waals surface area contributed by atoms with Crippen LogP contribution in [0.1, 0.15) is 33.6 Å². The highest BCUT2D eigenvalue weighted by atomic mass is 35.5. The number of hydrogen-bond donors (Lipinski definition) is 0. The van der Waals surface area contributed by atoms with Gasteiger partial charge in [0.05, 0.1) is 19.6 Å².